The van der Waals surface area contributed by atoms with Crippen molar-refractivity contribution in [2.24, 2.45) is 0 Å². The molecular formula is C8H12ClN3O4S2. The Hall–Kier alpha value is -0.770. The maximum absolute atomic E-state index is 12.0. The molecule has 18 heavy (non-hydrogen) atoms. The highest BCUT2D eigenvalue weighted by Crippen LogP contribution is 2.12. The second-order valence-electron chi connectivity index (χ2n) is 3.64. The zero-order valence-corrected chi connectivity index (χ0v) is 12.1. The Morgan fingerprint density at radius 1 is 1.22 bits per heavy atom. The zero-order valence-electron chi connectivity index (χ0n) is 9.74. The molecule has 0 bridgehead atoms. The standard InChI is InChI=1S/C8H12ClN3O4S2/c1-12(3-4-17(2,13)14)18(15,16)7-5-10-8(9)11-6-7/h5-6H,3-4H2,1-2H3. The number of nitrogens with zero attached hydrogens (tertiary/aromatic N) is 3. The lowest BCUT2D eigenvalue weighted by atomic mass is 10.7. The average Bonchev–Trinajstić information content (AvgIpc) is 2.25. The van der Waals surface area contributed by atoms with Gasteiger partial charge in [-0.05, 0) is 11.6 Å². The largest absolute Gasteiger partial charge is 0.245 e. The molecule has 102 valence electrons. The molecule has 0 spiro atoms. The number of sulfonamides is 1. The number of hydrogen-bond acceptors (Lipinski definition) is 6. The minimum absolute atomic E-state index is 0.0623. The third-order valence-electron chi connectivity index (χ3n) is 2.08. The minimum atomic E-state index is -3.79. The van der Waals surface area contributed by atoms with E-state index in [1.807, 2.05) is 0 Å². The summed E-state index contributed by atoms with van der Waals surface area (Å²) in [7, 11) is -5.73. The summed E-state index contributed by atoms with van der Waals surface area (Å²) in [5, 5.41) is -0.0623. The van der Waals surface area contributed by atoms with Gasteiger partial charge >= 0.3 is 0 Å². The van der Waals surface area contributed by atoms with Crippen LogP contribution in [-0.2, 0) is 19.9 Å². The van der Waals surface area contributed by atoms with E-state index >= 15 is 0 Å². The van der Waals surface area contributed by atoms with Crippen molar-refractivity contribution in [1.82, 2.24) is 14.3 Å². The van der Waals surface area contributed by atoms with Gasteiger partial charge < -0.3 is 0 Å². The molecule has 0 amide bonds. The van der Waals surface area contributed by atoms with Crippen molar-refractivity contribution in [2.45, 2.75) is 4.90 Å². The van der Waals surface area contributed by atoms with Crippen LogP contribution in [-0.4, -0.2) is 56.7 Å². The molecule has 0 N–H and O–H groups in total. The molecule has 1 aromatic rings. The highest BCUT2D eigenvalue weighted by atomic mass is 35.5. The van der Waals surface area contributed by atoms with E-state index in [1.54, 1.807) is 0 Å². The van der Waals surface area contributed by atoms with Crippen molar-refractivity contribution >= 4 is 31.5 Å². The first-order valence-electron chi connectivity index (χ1n) is 4.74. The predicted octanol–water partition coefficient (Wildman–Crippen LogP) is -0.205. The number of halogens is 1. The third kappa shape index (κ3) is 4.16. The summed E-state index contributed by atoms with van der Waals surface area (Å²) in [4.78, 5) is 7.00. The second kappa shape index (κ2) is 5.47. The van der Waals surface area contributed by atoms with Gasteiger partial charge in [0, 0.05) is 19.8 Å². The lowest BCUT2D eigenvalue weighted by Crippen LogP contribution is -2.31. The lowest BCUT2D eigenvalue weighted by Gasteiger charge is -2.15. The summed E-state index contributed by atoms with van der Waals surface area (Å²) in [6.07, 6.45) is 3.18. The molecule has 7 nitrogen and oxygen atoms in total. The number of aromatic nitrogens is 2. The predicted molar refractivity (Wildman–Crippen MR) is 66.6 cm³/mol. The second-order valence-corrected chi connectivity index (χ2v) is 8.29. The monoisotopic (exact) mass is 313 g/mol. The SMILES string of the molecule is CN(CCS(C)(=O)=O)S(=O)(=O)c1cnc(Cl)nc1. The van der Waals surface area contributed by atoms with E-state index in [4.69, 9.17) is 11.6 Å². The maximum Gasteiger partial charge on any atom is 0.245 e. The smallest absolute Gasteiger partial charge is 0.229 e. The molecular weight excluding hydrogens is 302 g/mol. The van der Waals surface area contributed by atoms with Gasteiger partial charge in [0.2, 0.25) is 15.3 Å². The average molecular weight is 314 g/mol. The maximum atomic E-state index is 12.0. The summed E-state index contributed by atoms with van der Waals surface area (Å²) in [6, 6.07) is 0. The molecule has 0 aliphatic carbocycles. The van der Waals surface area contributed by atoms with E-state index in [0.29, 0.717) is 0 Å². The third-order valence-corrected chi connectivity index (χ3v) is 5.01. The Labute approximate surface area is 111 Å². The van der Waals surface area contributed by atoms with E-state index < -0.39 is 19.9 Å². The first kappa shape index (κ1) is 15.3. The molecule has 10 heteroatoms. The van der Waals surface area contributed by atoms with Crippen LogP contribution in [0, 0.1) is 0 Å². The topological polar surface area (TPSA) is 97.3 Å². The van der Waals surface area contributed by atoms with Crippen LogP contribution in [0.3, 0.4) is 0 Å². The van der Waals surface area contributed by atoms with Gasteiger partial charge in [0.15, 0.2) is 0 Å². The fourth-order valence-corrected chi connectivity index (χ4v) is 2.91. The van der Waals surface area contributed by atoms with E-state index in [9.17, 15) is 16.8 Å². The van der Waals surface area contributed by atoms with Crippen LogP contribution in [0.15, 0.2) is 17.3 Å². The Balaban J connectivity index is 2.90. The fourth-order valence-electron chi connectivity index (χ4n) is 1.03. The molecule has 1 heterocycles. The van der Waals surface area contributed by atoms with Crippen molar-refractivity contribution in [2.75, 3.05) is 25.6 Å². The van der Waals surface area contributed by atoms with Crippen LogP contribution in [0.2, 0.25) is 5.28 Å². The Bertz CT molecular complexity index is 612. The van der Waals surface area contributed by atoms with Gasteiger partial charge in [-0.25, -0.2) is 26.8 Å². The number of hydrogen-bond donors (Lipinski definition) is 0. The molecule has 0 aliphatic rings. The van der Waals surface area contributed by atoms with Crippen molar-refractivity contribution in [3.8, 4) is 0 Å². The summed E-state index contributed by atoms with van der Waals surface area (Å²) >= 11 is 5.45. The van der Waals surface area contributed by atoms with E-state index in [1.165, 1.54) is 7.05 Å². The van der Waals surface area contributed by atoms with Gasteiger partial charge in [0.1, 0.15) is 14.7 Å². The Morgan fingerprint density at radius 3 is 2.17 bits per heavy atom. The van der Waals surface area contributed by atoms with Gasteiger partial charge in [-0.2, -0.15) is 4.31 Å². The molecule has 0 saturated heterocycles. The summed E-state index contributed by atoms with van der Waals surface area (Å²) in [6.45, 7) is -0.135. The van der Waals surface area contributed by atoms with Crippen molar-refractivity contribution < 1.29 is 16.8 Å². The molecule has 0 fully saturated rings. The zero-order chi connectivity index (χ0) is 14.0. The molecule has 0 atom stereocenters. The van der Waals surface area contributed by atoms with Gasteiger partial charge in [-0.15, -0.1) is 0 Å². The molecule has 0 aromatic carbocycles. The van der Waals surface area contributed by atoms with Crippen LogP contribution in [0.5, 0.6) is 0 Å². The molecule has 0 saturated carbocycles. The van der Waals surface area contributed by atoms with Crippen LogP contribution in [0.25, 0.3) is 0 Å². The quantitative estimate of drug-likeness (QED) is 0.698. The number of rotatable bonds is 5. The molecule has 1 rings (SSSR count). The fraction of sp³-hybridized carbons (Fsp3) is 0.500. The number of sulfone groups is 1. The van der Waals surface area contributed by atoms with Crippen LogP contribution >= 0.6 is 11.6 Å². The lowest BCUT2D eigenvalue weighted by molar-refractivity contribution is 0.484. The Morgan fingerprint density at radius 2 is 1.72 bits per heavy atom. The van der Waals surface area contributed by atoms with E-state index in [2.05, 4.69) is 9.97 Å². The summed E-state index contributed by atoms with van der Waals surface area (Å²) < 4.78 is 46.8. The highest BCUT2D eigenvalue weighted by Gasteiger charge is 2.22. The summed E-state index contributed by atoms with van der Waals surface area (Å²) in [5.41, 5.74) is 0. The van der Waals surface area contributed by atoms with Crippen LogP contribution < -0.4 is 0 Å². The molecule has 0 unspecified atom stereocenters. The van der Waals surface area contributed by atoms with Crippen molar-refractivity contribution in [1.29, 1.82) is 0 Å². The normalized spacial score (nSPS) is 12.9. The van der Waals surface area contributed by atoms with Gasteiger partial charge in [0.25, 0.3) is 0 Å². The summed E-state index contributed by atoms with van der Waals surface area (Å²) in [5.74, 6) is -0.253. The van der Waals surface area contributed by atoms with Crippen molar-refractivity contribution in [3.05, 3.63) is 17.7 Å². The highest BCUT2D eigenvalue weighted by molar-refractivity contribution is 7.91. The molecule has 1 aromatic heterocycles. The first-order chi connectivity index (χ1) is 8.13. The van der Waals surface area contributed by atoms with Gasteiger partial charge in [-0.3, -0.25) is 0 Å². The Kier molecular flexibility index (Phi) is 4.65. The van der Waals surface area contributed by atoms with E-state index in [-0.39, 0.29) is 22.5 Å². The van der Waals surface area contributed by atoms with Crippen molar-refractivity contribution in [3.63, 3.8) is 0 Å². The van der Waals surface area contributed by atoms with Gasteiger partial charge in [0.05, 0.1) is 18.1 Å². The molecule has 0 radical (unpaired) electrons. The van der Waals surface area contributed by atoms with Crippen LogP contribution in [0.1, 0.15) is 0 Å². The van der Waals surface area contributed by atoms with Crippen LogP contribution in [0.4, 0.5) is 0 Å². The van der Waals surface area contributed by atoms with E-state index in [0.717, 1.165) is 23.0 Å². The van der Waals surface area contributed by atoms with Gasteiger partial charge in [-0.1, -0.05) is 0 Å². The minimum Gasteiger partial charge on any atom is -0.229 e. The molecule has 0 aliphatic heterocycles. The first-order valence-corrected chi connectivity index (χ1v) is 8.62.